The number of hydrogen-bond acceptors (Lipinski definition) is 3. The molecule has 0 bridgehead atoms. The predicted octanol–water partition coefficient (Wildman–Crippen LogP) is 0.226. The predicted molar refractivity (Wildman–Crippen MR) is 49.9 cm³/mol. The molecule has 0 aromatic heterocycles. The Bertz CT molecular complexity index is 182. The molecule has 0 aliphatic carbocycles. The van der Waals surface area contributed by atoms with Gasteiger partial charge < -0.3 is 5.11 Å². The van der Waals surface area contributed by atoms with E-state index in [0.29, 0.717) is 13.0 Å². The van der Waals surface area contributed by atoms with Gasteiger partial charge in [-0.25, -0.2) is 5.01 Å². The molecule has 1 aliphatic heterocycles. The molecule has 0 radical (unpaired) electrons. The Balaban J connectivity index is 2.56. The Labute approximate surface area is 79.1 Å². The molecule has 1 aliphatic rings. The summed E-state index contributed by atoms with van der Waals surface area (Å²) in [6, 6.07) is 0. The van der Waals surface area contributed by atoms with Gasteiger partial charge in [0.15, 0.2) is 0 Å². The number of β-amino-alcohol motifs (C(OH)–C–C–N with tert-alkyl or cyclic N) is 1. The number of aliphatic hydroxyl groups excluding tert-OH is 1. The lowest BCUT2D eigenvalue weighted by Crippen LogP contribution is -2.52. The van der Waals surface area contributed by atoms with E-state index < -0.39 is 6.10 Å². The zero-order valence-corrected chi connectivity index (χ0v) is 8.36. The fourth-order valence-electron chi connectivity index (χ4n) is 1.62. The van der Waals surface area contributed by atoms with E-state index in [2.05, 4.69) is 0 Å². The van der Waals surface area contributed by atoms with E-state index in [1.54, 1.807) is 11.9 Å². The van der Waals surface area contributed by atoms with Gasteiger partial charge >= 0.3 is 0 Å². The van der Waals surface area contributed by atoms with Crippen molar-refractivity contribution in [3.63, 3.8) is 0 Å². The minimum Gasteiger partial charge on any atom is -0.392 e. The molecule has 1 fully saturated rings. The molecule has 1 amide bonds. The second-order valence-electron chi connectivity index (χ2n) is 3.47. The van der Waals surface area contributed by atoms with E-state index in [1.165, 1.54) is 0 Å². The third-order valence-electron chi connectivity index (χ3n) is 2.24. The summed E-state index contributed by atoms with van der Waals surface area (Å²) in [5.41, 5.74) is 0. The minimum atomic E-state index is -0.448. The fraction of sp³-hybridized carbons (Fsp3) is 0.889. The molecule has 1 saturated heterocycles. The highest BCUT2D eigenvalue weighted by atomic mass is 16.3. The van der Waals surface area contributed by atoms with Crippen molar-refractivity contribution in [1.29, 1.82) is 0 Å². The highest BCUT2D eigenvalue weighted by Crippen LogP contribution is 2.12. The standard InChI is InChI=1S/C9H18N2O2/c1-3-10-6-4-5-9(13)11(10)7-8(2)12/h8,12H,3-7H2,1-2H3. The smallest absolute Gasteiger partial charge is 0.237 e. The van der Waals surface area contributed by atoms with Gasteiger partial charge in [0, 0.05) is 19.5 Å². The largest absolute Gasteiger partial charge is 0.392 e. The van der Waals surface area contributed by atoms with Crippen LogP contribution in [0.4, 0.5) is 0 Å². The monoisotopic (exact) mass is 186 g/mol. The van der Waals surface area contributed by atoms with Crippen LogP contribution in [-0.2, 0) is 4.79 Å². The van der Waals surface area contributed by atoms with E-state index in [9.17, 15) is 9.90 Å². The quantitative estimate of drug-likeness (QED) is 0.686. The number of aliphatic hydroxyl groups is 1. The van der Waals surface area contributed by atoms with E-state index >= 15 is 0 Å². The molecule has 4 nitrogen and oxygen atoms in total. The van der Waals surface area contributed by atoms with Crippen molar-refractivity contribution in [2.45, 2.75) is 32.8 Å². The normalized spacial score (nSPS) is 22.1. The van der Waals surface area contributed by atoms with Gasteiger partial charge in [0.2, 0.25) is 5.91 Å². The third-order valence-corrected chi connectivity index (χ3v) is 2.24. The number of carbonyl (C=O) groups is 1. The Morgan fingerprint density at radius 3 is 2.85 bits per heavy atom. The zero-order chi connectivity index (χ0) is 9.84. The van der Waals surface area contributed by atoms with Crippen molar-refractivity contribution in [3.8, 4) is 0 Å². The third kappa shape index (κ3) is 2.67. The maximum Gasteiger partial charge on any atom is 0.237 e. The summed E-state index contributed by atoms with van der Waals surface area (Å²) < 4.78 is 0. The summed E-state index contributed by atoms with van der Waals surface area (Å²) in [6.45, 7) is 5.91. The van der Waals surface area contributed by atoms with Gasteiger partial charge in [-0.05, 0) is 13.3 Å². The molecule has 0 aromatic rings. The SMILES string of the molecule is CCN1CCCC(=O)N1CC(C)O. The van der Waals surface area contributed by atoms with Gasteiger partial charge in [0.1, 0.15) is 0 Å². The summed E-state index contributed by atoms with van der Waals surface area (Å²) >= 11 is 0. The topological polar surface area (TPSA) is 43.8 Å². The van der Waals surface area contributed by atoms with Crippen LogP contribution in [0.25, 0.3) is 0 Å². The Morgan fingerprint density at radius 2 is 2.31 bits per heavy atom. The van der Waals surface area contributed by atoms with Gasteiger partial charge in [-0.15, -0.1) is 0 Å². The number of carbonyl (C=O) groups excluding carboxylic acids is 1. The molecule has 13 heavy (non-hydrogen) atoms. The van der Waals surface area contributed by atoms with Gasteiger partial charge in [-0.2, -0.15) is 0 Å². The molecule has 1 N–H and O–H groups in total. The van der Waals surface area contributed by atoms with E-state index in [-0.39, 0.29) is 5.91 Å². The van der Waals surface area contributed by atoms with Crippen LogP contribution in [0.3, 0.4) is 0 Å². The molecule has 1 unspecified atom stereocenters. The van der Waals surface area contributed by atoms with Crippen LogP contribution in [0.2, 0.25) is 0 Å². The first kappa shape index (κ1) is 10.5. The van der Waals surface area contributed by atoms with E-state index in [4.69, 9.17) is 0 Å². The first-order valence-corrected chi connectivity index (χ1v) is 4.88. The van der Waals surface area contributed by atoms with Crippen LogP contribution >= 0.6 is 0 Å². The molecule has 1 atom stereocenters. The Hall–Kier alpha value is -0.610. The molecule has 1 heterocycles. The number of nitrogens with zero attached hydrogens (tertiary/aromatic N) is 2. The number of rotatable bonds is 3. The van der Waals surface area contributed by atoms with Gasteiger partial charge in [-0.1, -0.05) is 6.92 Å². The van der Waals surface area contributed by atoms with Crippen molar-refractivity contribution in [2.75, 3.05) is 19.6 Å². The van der Waals surface area contributed by atoms with Crippen LogP contribution in [0.15, 0.2) is 0 Å². The van der Waals surface area contributed by atoms with Crippen molar-refractivity contribution in [3.05, 3.63) is 0 Å². The molecule has 1 rings (SSSR count). The molecule has 76 valence electrons. The maximum absolute atomic E-state index is 11.5. The highest BCUT2D eigenvalue weighted by molar-refractivity contribution is 5.76. The summed E-state index contributed by atoms with van der Waals surface area (Å²) in [4.78, 5) is 11.5. The van der Waals surface area contributed by atoms with Crippen LogP contribution < -0.4 is 0 Å². The summed E-state index contributed by atoms with van der Waals surface area (Å²) in [5.74, 6) is 0.133. The fourth-order valence-corrected chi connectivity index (χ4v) is 1.62. The molecule has 4 heteroatoms. The lowest BCUT2D eigenvalue weighted by molar-refractivity contribution is -0.158. The summed E-state index contributed by atoms with van der Waals surface area (Å²) in [7, 11) is 0. The van der Waals surface area contributed by atoms with Crippen molar-refractivity contribution < 1.29 is 9.90 Å². The second kappa shape index (κ2) is 4.58. The van der Waals surface area contributed by atoms with Crippen LogP contribution in [-0.4, -0.2) is 46.8 Å². The van der Waals surface area contributed by atoms with Crippen molar-refractivity contribution >= 4 is 5.91 Å². The van der Waals surface area contributed by atoms with E-state index in [1.807, 2.05) is 11.9 Å². The molecule has 0 aromatic carbocycles. The van der Waals surface area contributed by atoms with Gasteiger partial charge in [0.05, 0.1) is 12.6 Å². The average molecular weight is 186 g/mol. The zero-order valence-electron chi connectivity index (χ0n) is 8.36. The molecule has 0 spiro atoms. The van der Waals surface area contributed by atoms with Crippen LogP contribution in [0.5, 0.6) is 0 Å². The van der Waals surface area contributed by atoms with Gasteiger partial charge in [0.25, 0.3) is 0 Å². The van der Waals surface area contributed by atoms with E-state index in [0.717, 1.165) is 19.5 Å². The lowest BCUT2D eigenvalue weighted by atomic mass is 10.2. The number of hydrogen-bond donors (Lipinski definition) is 1. The Kier molecular flexibility index (Phi) is 3.69. The lowest BCUT2D eigenvalue weighted by Gasteiger charge is -2.38. The average Bonchev–Trinajstić information content (AvgIpc) is 2.08. The maximum atomic E-state index is 11.5. The first-order chi connectivity index (χ1) is 6.15. The summed E-state index contributed by atoms with van der Waals surface area (Å²) in [6.07, 6.45) is 1.10. The Morgan fingerprint density at radius 1 is 1.62 bits per heavy atom. The van der Waals surface area contributed by atoms with Crippen LogP contribution in [0, 0.1) is 0 Å². The first-order valence-electron chi connectivity index (χ1n) is 4.88. The summed E-state index contributed by atoms with van der Waals surface area (Å²) in [5, 5.41) is 12.9. The minimum absolute atomic E-state index is 0.133. The van der Waals surface area contributed by atoms with Crippen molar-refractivity contribution in [1.82, 2.24) is 10.0 Å². The highest BCUT2D eigenvalue weighted by Gasteiger charge is 2.25. The molecule has 0 saturated carbocycles. The van der Waals surface area contributed by atoms with Crippen LogP contribution in [0.1, 0.15) is 26.7 Å². The second-order valence-corrected chi connectivity index (χ2v) is 3.47. The van der Waals surface area contributed by atoms with Crippen molar-refractivity contribution in [2.24, 2.45) is 0 Å². The number of hydrazine groups is 1. The number of amides is 1. The molecular formula is C9H18N2O2. The van der Waals surface area contributed by atoms with Gasteiger partial charge in [-0.3, -0.25) is 9.80 Å². The molecular weight excluding hydrogens is 168 g/mol.